The molecule has 96 valence electrons. The van der Waals surface area contributed by atoms with Gasteiger partial charge in [0, 0.05) is 6.07 Å². The zero-order chi connectivity index (χ0) is 13.8. The van der Waals surface area contributed by atoms with Crippen molar-refractivity contribution in [3.8, 4) is 0 Å². The minimum absolute atomic E-state index is 0.311. The molecule has 4 nitrogen and oxygen atoms in total. The highest BCUT2D eigenvalue weighted by Gasteiger charge is 2.07. The molecule has 0 amide bonds. The summed E-state index contributed by atoms with van der Waals surface area (Å²) >= 11 is 0. The molecule has 1 N–H and O–H groups in total. The number of benzene rings is 1. The van der Waals surface area contributed by atoms with Crippen molar-refractivity contribution in [1.82, 2.24) is 0 Å². The predicted octanol–water partition coefficient (Wildman–Crippen LogP) is 2.82. The number of rotatable bonds is 3. The summed E-state index contributed by atoms with van der Waals surface area (Å²) in [5, 5.41) is 8.68. The molecule has 0 bridgehead atoms. The fraction of sp³-hybridized carbons (Fsp3) is 0.0667. The SMILES string of the molecule is Cc1ccc(C=Cc2coc(C(=O)O)cc2=O)cc1. The Balaban J connectivity index is 2.26. The van der Waals surface area contributed by atoms with Gasteiger partial charge in [0.05, 0.1) is 5.56 Å². The molecule has 0 aliphatic carbocycles. The highest BCUT2D eigenvalue weighted by molar-refractivity contribution is 5.84. The Morgan fingerprint density at radius 1 is 1.21 bits per heavy atom. The summed E-state index contributed by atoms with van der Waals surface area (Å²) in [6.07, 6.45) is 4.52. The predicted molar refractivity (Wildman–Crippen MR) is 72.0 cm³/mol. The highest BCUT2D eigenvalue weighted by atomic mass is 16.4. The van der Waals surface area contributed by atoms with Crippen LogP contribution < -0.4 is 5.43 Å². The molecule has 19 heavy (non-hydrogen) atoms. The van der Waals surface area contributed by atoms with E-state index in [0.29, 0.717) is 5.56 Å². The van der Waals surface area contributed by atoms with Crippen molar-refractivity contribution in [1.29, 1.82) is 0 Å². The molecule has 4 heteroatoms. The van der Waals surface area contributed by atoms with Gasteiger partial charge in [-0.2, -0.15) is 0 Å². The van der Waals surface area contributed by atoms with E-state index < -0.39 is 5.97 Å². The Hall–Kier alpha value is -2.62. The monoisotopic (exact) mass is 256 g/mol. The van der Waals surface area contributed by atoms with Crippen LogP contribution in [0.1, 0.15) is 27.2 Å². The number of aryl methyl sites for hydroxylation is 1. The van der Waals surface area contributed by atoms with Crippen LogP contribution in [-0.4, -0.2) is 11.1 Å². The largest absolute Gasteiger partial charge is 0.475 e. The summed E-state index contributed by atoms with van der Waals surface area (Å²) in [5.74, 6) is -1.62. The highest BCUT2D eigenvalue weighted by Crippen LogP contribution is 2.08. The fourth-order valence-electron chi connectivity index (χ4n) is 1.52. The van der Waals surface area contributed by atoms with E-state index in [1.807, 2.05) is 31.2 Å². The van der Waals surface area contributed by atoms with E-state index in [1.165, 1.54) is 0 Å². The van der Waals surface area contributed by atoms with Crippen molar-refractivity contribution in [2.75, 3.05) is 0 Å². The summed E-state index contributed by atoms with van der Waals surface area (Å²) in [5.41, 5.74) is 2.03. The van der Waals surface area contributed by atoms with Crippen molar-refractivity contribution in [3.63, 3.8) is 0 Å². The first kappa shape index (κ1) is 12.8. The van der Waals surface area contributed by atoms with Crippen LogP contribution in [0.4, 0.5) is 0 Å². The van der Waals surface area contributed by atoms with Gasteiger partial charge in [-0.3, -0.25) is 4.79 Å². The van der Waals surface area contributed by atoms with Crippen molar-refractivity contribution in [3.05, 3.63) is 69.3 Å². The van der Waals surface area contributed by atoms with Crippen LogP contribution in [0.2, 0.25) is 0 Å². The molecule has 0 aliphatic heterocycles. The van der Waals surface area contributed by atoms with Crippen LogP contribution in [0.3, 0.4) is 0 Å². The van der Waals surface area contributed by atoms with Crippen molar-refractivity contribution >= 4 is 18.1 Å². The molecule has 1 aromatic heterocycles. The standard InChI is InChI=1S/C15H12O4/c1-10-2-4-11(5-3-10)6-7-12-9-19-14(15(17)18)8-13(12)16/h2-9H,1H3,(H,17,18). The first-order chi connectivity index (χ1) is 9.06. The Morgan fingerprint density at radius 2 is 1.89 bits per heavy atom. The zero-order valence-corrected chi connectivity index (χ0v) is 10.3. The Kier molecular flexibility index (Phi) is 3.61. The van der Waals surface area contributed by atoms with E-state index in [0.717, 1.165) is 23.5 Å². The zero-order valence-electron chi connectivity index (χ0n) is 10.3. The summed E-state index contributed by atoms with van der Waals surface area (Å²) < 4.78 is 4.86. The normalized spacial score (nSPS) is 10.8. The fourth-order valence-corrected chi connectivity index (χ4v) is 1.52. The lowest BCUT2D eigenvalue weighted by atomic mass is 10.1. The van der Waals surface area contributed by atoms with Gasteiger partial charge in [0.15, 0.2) is 5.43 Å². The van der Waals surface area contributed by atoms with Crippen LogP contribution in [0, 0.1) is 6.92 Å². The Labute approximate surface area is 109 Å². The lowest BCUT2D eigenvalue weighted by Gasteiger charge is -1.96. The minimum atomic E-state index is -1.26. The van der Waals surface area contributed by atoms with Gasteiger partial charge in [-0.1, -0.05) is 35.9 Å². The molecule has 2 rings (SSSR count). The molecule has 0 fully saturated rings. The van der Waals surface area contributed by atoms with Crippen LogP contribution in [-0.2, 0) is 0 Å². The first-order valence-electron chi connectivity index (χ1n) is 5.67. The molecule has 0 unspecified atom stereocenters. The smallest absolute Gasteiger partial charge is 0.371 e. The van der Waals surface area contributed by atoms with Crippen molar-refractivity contribution < 1.29 is 14.3 Å². The van der Waals surface area contributed by atoms with E-state index >= 15 is 0 Å². The van der Waals surface area contributed by atoms with E-state index in [-0.39, 0.29) is 11.2 Å². The van der Waals surface area contributed by atoms with Crippen molar-refractivity contribution in [2.24, 2.45) is 0 Å². The quantitative estimate of drug-likeness (QED) is 0.916. The summed E-state index contributed by atoms with van der Waals surface area (Å²) in [7, 11) is 0. The average molecular weight is 256 g/mol. The summed E-state index contributed by atoms with van der Waals surface area (Å²) in [6, 6.07) is 8.76. The number of carboxylic acids is 1. The van der Waals surface area contributed by atoms with E-state index in [9.17, 15) is 9.59 Å². The molecule has 2 aromatic rings. The van der Waals surface area contributed by atoms with Gasteiger partial charge >= 0.3 is 5.97 Å². The van der Waals surface area contributed by atoms with Gasteiger partial charge in [0.2, 0.25) is 5.76 Å². The number of carbonyl (C=O) groups is 1. The van der Waals surface area contributed by atoms with Crippen LogP contribution >= 0.6 is 0 Å². The maximum Gasteiger partial charge on any atom is 0.371 e. The average Bonchev–Trinajstić information content (AvgIpc) is 2.39. The molecule has 0 spiro atoms. The van der Waals surface area contributed by atoms with Gasteiger partial charge in [0.25, 0.3) is 0 Å². The topological polar surface area (TPSA) is 67.5 Å². The molecule has 1 heterocycles. The second-order valence-corrected chi connectivity index (χ2v) is 4.11. The lowest BCUT2D eigenvalue weighted by molar-refractivity contribution is 0.0659. The summed E-state index contributed by atoms with van der Waals surface area (Å²) in [6.45, 7) is 1.99. The number of hydrogen-bond donors (Lipinski definition) is 1. The van der Waals surface area contributed by atoms with Crippen LogP contribution in [0.25, 0.3) is 12.2 Å². The summed E-state index contributed by atoms with van der Waals surface area (Å²) in [4.78, 5) is 22.3. The number of carboxylic acid groups (broad SMARTS) is 1. The second-order valence-electron chi connectivity index (χ2n) is 4.11. The van der Waals surface area contributed by atoms with Gasteiger partial charge in [-0.05, 0) is 18.6 Å². The maximum absolute atomic E-state index is 11.6. The molecule has 0 saturated carbocycles. The first-order valence-corrected chi connectivity index (χ1v) is 5.67. The molecule has 1 aromatic carbocycles. The van der Waals surface area contributed by atoms with E-state index in [1.54, 1.807) is 12.2 Å². The Morgan fingerprint density at radius 3 is 2.47 bits per heavy atom. The molecule has 0 atom stereocenters. The molecule has 0 saturated heterocycles. The number of aromatic carboxylic acids is 1. The molecule has 0 radical (unpaired) electrons. The third-order valence-electron chi connectivity index (χ3n) is 2.60. The van der Waals surface area contributed by atoms with Crippen LogP contribution in [0.15, 0.2) is 45.8 Å². The third kappa shape index (κ3) is 3.19. The van der Waals surface area contributed by atoms with Gasteiger partial charge < -0.3 is 9.52 Å². The molecular formula is C15H12O4. The van der Waals surface area contributed by atoms with Crippen LogP contribution in [0.5, 0.6) is 0 Å². The lowest BCUT2D eigenvalue weighted by Crippen LogP contribution is -2.07. The maximum atomic E-state index is 11.6. The molecule has 0 aliphatic rings. The Bertz CT molecular complexity index is 678. The second kappa shape index (κ2) is 5.35. The van der Waals surface area contributed by atoms with Gasteiger partial charge in [0.1, 0.15) is 6.26 Å². The van der Waals surface area contributed by atoms with E-state index in [2.05, 4.69) is 0 Å². The van der Waals surface area contributed by atoms with E-state index in [4.69, 9.17) is 9.52 Å². The van der Waals surface area contributed by atoms with Gasteiger partial charge in [-0.25, -0.2) is 4.79 Å². The van der Waals surface area contributed by atoms with Crippen molar-refractivity contribution in [2.45, 2.75) is 6.92 Å². The number of hydrogen-bond acceptors (Lipinski definition) is 3. The molecular weight excluding hydrogens is 244 g/mol. The minimum Gasteiger partial charge on any atom is -0.475 e. The van der Waals surface area contributed by atoms with Gasteiger partial charge in [-0.15, -0.1) is 0 Å². The third-order valence-corrected chi connectivity index (χ3v) is 2.60.